The van der Waals surface area contributed by atoms with E-state index in [0.29, 0.717) is 36.8 Å². The fourth-order valence-electron chi connectivity index (χ4n) is 8.74. The average Bonchev–Trinajstić information content (AvgIpc) is 3.99. The SMILES string of the molecule is [C-]#[N+]c1cnn2c(-c3cc(NC(C)C)c(-c4nnc(N5CCN(C6CCN(C(=O)Cc7cccc8c7CN(C7CCC(=O)NC7=O)C8=O)CC6)CC5)s4)cn3)ccc2c1. The van der Waals surface area contributed by atoms with Crippen LogP contribution < -0.4 is 15.5 Å². The number of anilines is 2. The van der Waals surface area contributed by atoms with Crippen molar-refractivity contribution >= 4 is 57.0 Å². The van der Waals surface area contributed by atoms with Gasteiger partial charge in [-0.25, -0.2) is 9.36 Å². The van der Waals surface area contributed by atoms with Gasteiger partial charge in [-0.3, -0.25) is 34.4 Å². The number of carbonyl (C=O) groups excluding carboxylic acids is 4. The quantitative estimate of drug-likeness (QED) is 0.160. The van der Waals surface area contributed by atoms with Gasteiger partial charge in [-0.1, -0.05) is 23.5 Å². The van der Waals surface area contributed by atoms with Crippen LogP contribution in [0.3, 0.4) is 0 Å². The molecule has 0 radical (unpaired) electrons. The second-order valence-electron chi connectivity index (χ2n) is 15.8. The molecule has 1 atom stereocenters. The van der Waals surface area contributed by atoms with E-state index in [1.165, 1.54) is 4.90 Å². The Labute approximate surface area is 345 Å². The van der Waals surface area contributed by atoms with Crippen molar-refractivity contribution in [3.8, 4) is 22.0 Å². The lowest BCUT2D eigenvalue weighted by molar-refractivity contribution is -0.137. The van der Waals surface area contributed by atoms with Crippen LogP contribution in [-0.4, -0.2) is 121 Å². The van der Waals surface area contributed by atoms with Crippen molar-refractivity contribution in [3.05, 3.63) is 83.0 Å². The van der Waals surface area contributed by atoms with Gasteiger partial charge in [0, 0.05) is 81.8 Å². The molecule has 4 aliphatic rings. The molecule has 0 bridgehead atoms. The molecule has 17 heteroatoms. The van der Waals surface area contributed by atoms with Crippen LogP contribution in [0.4, 0.5) is 16.5 Å². The highest BCUT2D eigenvalue weighted by atomic mass is 32.1. The Morgan fingerprint density at radius 1 is 0.983 bits per heavy atom. The topological polar surface area (TPSA) is 166 Å². The van der Waals surface area contributed by atoms with Crippen LogP contribution in [0.15, 0.2) is 54.9 Å². The molecule has 4 aliphatic heterocycles. The zero-order valence-electron chi connectivity index (χ0n) is 32.9. The molecule has 3 fully saturated rings. The van der Waals surface area contributed by atoms with Gasteiger partial charge in [0.05, 0.1) is 41.7 Å². The summed E-state index contributed by atoms with van der Waals surface area (Å²) >= 11 is 1.56. The number of nitrogens with zero attached hydrogens (tertiary/aromatic N) is 10. The second-order valence-corrected chi connectivity index (χ2v) is 16.8. The first kappa shape index (κ1) is 38.3. The Morgan fingerprint density at radius 2 is 1.80 bits per heavy atom. The van der Waals surface area contributed by atoms with Gasteiger partial charge in [0.1, 0.15) is 6.04 Å². The fraction of sp³-hybridized carbons (Fsp3) is 0.405. The van der Waals surface area contributed by atoms with Crippen molar-refractivity contribution in [2.45, 2.75) is 70.6 Å². The van der Waals surface area contributed by atoms with E-state index in [1.54, 1.807) is 34.2 Å². The molecular weight excluding hydrogens is 769 g/mol. The number of benzene rings is 1. The van der Waals surface area contributed by atoms with Crippen molar-refractivity contribution in [1.29, 1.82) is 0 Å². The maximum atomic E-state index is 13.6. The molecule has 16 nitrogen and oxygen atoms in total. The highest BCUT2D eigenvalue weighted by Gasteiger charge is 2.40. The van der Waals surface area contributed by atoms with Gasteiger partial charge in [-0.15, -0.1) is 10.2 Å². The first-order chi connectivity index (χ1) is 28.6. The molecule has 9 rings (SSSR count). The summed E-state index contributed by atoms with van der Waals surface area (Å²) in [5.74, 6) is -0.945. The number of piperidine rings is 2. The van der Waals surface area contributed by atoms with Crippen LogP contribution in [0.25, 0.3) is 32.3 Å². The predicted octanol–water partition coefficient (Wildman–Crippen LogP) is 4.40. The number of pyridine rings is 1. The van der Waals surface area contributed by atoms with Crippen molar-refractivity contribution in [1.82, 2.24) is 44.8 Å². The van der Waals surface area contributed by atoms with E-state index in [1.807, 2.05) is 41.4 Å². The number of piperazine rings is 1. The van der Waals surface area contributed by atoms with E-state index in [9.17, 15) is 19.2 Å². The number of likely N-dealkylation sites (tertiary alicyclic amines) is 1. The third kappa shape index (κ3) is 7.49. The first-order valence-electron chi connectivity index (χ1n) is 20.1. The molecule has 8 heterocycles. The number of imide groups is 1. The third-order valence-corrected chi connectivity index (χ3v) is 12.8. The van der Waals surface area contributed by atoms with E-state index in [4.69, 9.17) is 11.6 Å². The largest absolute Gasteiger partial charge is 0.382 e. The monoisotopic (exact) mass is 812 g/mol. The highest BCUT2D eigenvalue weighted by Crippen LogP contribution is 2.37. The summed E-state index contributed by atoms with van der Waals surface area (Å²) in [5, 5.41) is 21.3. The summed E-state index contributed by atoms with van der Waals surface area (Å²) in [5.41, 5.74) is 6.85. The molecule has 1 aromatic carbocycles. The highest BCUT2D eigenvalue weighted by molar-refractivity contribution is 7.18. The van der Waals surface area contributed by atoms with Crippen molar-refractivity contribution in [2.75, 3.05) is 49.5 Å². The second kappa shape index (κ2) is 15.8. The molecule has 3 saturated heterocycles. The molecule has 0 spiro atoms. The summed E-state index contributed by atoms with van der Waals surface area (Å²) in [6, 6.07) is 13.1. The zero-order valence-corrected chi connectivity index (χ0v) is 33.7. The average molecular weight is 813 g/mol. The zero-order chi connectivity index (χ0) is 40.8. The number of hydrogen-bond donors (Lipinski definition) is 2. The van der Waals surface area contributed by atoms with E-state index in [0.717, 1.165) is 88.4 Å². The van der Waals surface area contributed by atoms with E-state index in [-0.39, 0.29) is 43.1 Å². The minimum Gasteiger partial charge on any atom is -0.382 e. The summed E-state index contributed by atoms with van der Waals surface area (Å²) in [6.07, 6.45) is 5.91. The fourth-order valence-corrected chi connectivity index (χ4v) is 9.66. The maximum Gasteiger partial charge on any atom is 0.255 e. The summed E-state index contributed by atoms with van der Waals surface area (Å²) in [6.45, 7) is 16.6. The Bertz CT molecular complexity index is 2510. The van der Waals surface area contributed by atoms with Gasteiger partial charge in [-0.2, -0.15) is 5.10 Å². The van der Waals surface area contributed by atoms with Crippen molar-refractivity contribution < 1.29 is 19.2 Å². The number of carbonyl (C=O) groups is 4. The standard InChI is InChI=1S/C42H44N12O4S/c1-25(2)46-33-21-34(35-8-7-29-20-27(43-3)22-45-54(29)35)44-23-31(33)40-48-49-42(59-40)52-17-15-50(16-18-52)28-11-13-51(14-12-28)38(56)19-26-5-4-6-30-32(26)24-53(41(30)58)36-9-10-37(55)47-39(36)57/h4-8,20-23,25,28,36H,9-19,24H2,1-2H3,(H,44,46)(H,47,55,57). The summed E-state index contributed by atoms with van der Waals surface area (Å²) < 4.78 is 1.80. The Hall–Kier alpha value is -6.25. The molecule has 0 saturated carbocycles. The van der Waals surface area contributed by atoms with Crippen LogP contribution >= 0.6 is 11.3 Å². The van der Waals surface area contributed by atoms with Crippen LogP contribution in [0.2, 0.25) is 0 Å². The smallest absolute Gasteiger partial charge is 0.255 e. The van der Waals surface area contributed by atoms with Crippen LogP contribution in [-0.2, 0) is 27.3 Å². The van der Waals surface area contributed by atoms with Gasteiger partial charge < -0.3 is 20.0 Å². The summed E-state index contributed by atoms with van der Waals surface area (Å²) in [7, 11) is 0. The molecule has 4 amide bonds. The lowest BCUT2D eigenvalue weighted by Gasteiger charge is -2.42. The van der Waals surface area contributed by atoms with E-state index in [2.05, 4.69) is 54.4 Å². The van der Waals surface area contributed by atoms with Crippen molar-refractivity contribution in [2.24, 2.45) is 0 Å². The van der Waals surface area contributed by atoms with Crippen molar-refractivity contribution in [3.63, 3.8) is 0 Å². The number of amides is 4. The number of fused-ring (bicyclic) bond motifs is 2. The lowest BCUT2D eigenvalue weighted by Crippen LogP contribution is -2.54. The summed E-state index contributed by atoms with van der Waals surface area (Å²) in [4.78, 5) is 67.7. The van der Waals surface area contributed by atoms with E-state index >= 15 is 0 Å². The number of rotatable bonds is 9. The van der Waals surface area contributed by atoms with Crippen LogP contribution in [0, 0.1) is 6.57 Å². The lowest BCUT2D eigenvalue weighted by atomic mass is 9.98. The Morgan fingerprint density at radius 3 is 2.56 bits per heavy atom. The molecule has 4 aromatic heterocycles. The van der Waals surface area contributed by atoms with E-state index < -0.39 is 11.9 Å². The first-order valence-corrected chi connectivity index (χ1v) is 20.9. The molecule has 302 valence electrons. The van der Waals surface area contributed by atoms with Gasteiger partial charge in [0.2, 0.25) is 28.5 Å². The molecule has 2 N–H and O–H groups in total. The number of aromatic nitrogens is 5. The van der Waals surface area contributed by atoms with Gasteiger partial charge in [0.15, 0.2) is 5.01 Å². The number of hydrogen-bond acceptors (Lipinski definition) is 12. The normalized spacial score (nSPS) is 19.1. The predicted molar refractivity (Wildman–Crippen MR) is 222 cm³/mol. The Balaban J connectivity index is 0.794. The molecule has 1 unspecified atom stereocenters. The Kier molecular flexibility index (Phi) is 10.3. The number of nitrogens with one attached hydrogen (secondary N) is 2. The maximum absolute atomic E-state index is 13.6. The van der Waals surface area contributed by atoms with Crippen LogP contribution in [0.5, 0.6) is 0 Å². The molecular formula is C42H44N12O4S. The van der Waals surface area contributed by atoms with Gasteiger partial charge in [-0.05, 0) is 74.6 Å². The minimum absolute atomic E-state index is 0.0450. The van der Waals surface area contributed by atoms with Gasteiger partial charge >= 0.3 is 0 Å². The molecule has 59 heavy (non-hydrogen) atoms. The molecule has 5 aromatic rings. The van der Waals surface area contributed by atoms with Gasteiger partial charge in [0.25, 0.3) is 5.91 Å². The molecule has 0 aliphatic carbocycles. The van der Waals surface area contributed by atoms with Crippen LogP contribution in [0.1, 0.15) is 61.0 Å². The minimum atomic E-state index is -0.687. The third-order valence-electron chi connectivity index (χ3n) is 11.8.